The van der Waals surface area contributed by atoms with E-state index < -0.39 is 0 Å². The quantitative estimate of drug-likeness (QED) is 0.625. The Balaban J connectivity index is 3.69. The van der Waals surface area contributed by atoms with Gasteiger partial charge in [0, 0.05) is 11.8 Å². The molecule has 0 N–H and O–H groups in total. The highest BCUT2D eigenvalue weighted by atomic mass is 16.1. The first-order valence-corrected chi connectivity index (χ1v) is 5.95. The molecule has 0 amide bonds. The van der Waals surface area contributed by atoms with Crippen LogP contribution in [0.25, 0.3) is 0 Å². The Morgan fingerprint density at radius 1 is 1.14 bits per heavy atom. The number of hydrogen-bond acceptors (Lipinski definition) is 1. The van der Waals surface area contributed by atoms with Crippen LogP contribution in [-0.2, 0) is 4.79 Å². The van der Waals surface area contributed by atoms with E-state index in [-0.39, 0.29) is 5.41 Å². The summed E-state index contributed by atoms with van der Waals surface area (Å²) in [4.78, 5) is 11.6. The molecule has 1 nitrogen and oxygen atoms in total. The molecular weight excluding hydrogens is 172 g/mol. The molecule has 0 aromatic heterocycles. The Labute approximate surface area is 89.3 Å². The highest BCUT2D eigenvalue weighted by Gasteiger charge is 2.20. The summed E-state index contributed by atoms with van der Waals surface area (Å²) in [5.74, 6) is 1.23. The average Bonchev–Trinajstić information content (AvgIpc) is 2.10. The number of Topliss-reactive ketones (excluding diaryl/α,β-unsaturated/α-hetero) is 1. The van der Waals surface area contributed by atoms with Crippen LogP contribution in [0.2, 0.25) is 0 Å². The molecule has 0 aliphatic carbocycles. The Morgan fingerprint density at radius 2 is 1.64 bits per heavy atom. The average molecular weight is 198 g/mol. The summed E-state index contributed by atoms with van der Waals surface area (Å²) in [6.07, 6.45) is 5.55. The molecule has 84 valence electrons. The molecule has 0 bridgehead atoms. The maximum atomic E-state index is 11.6. The second kappa shape index (κ2) is 6.21. The molecule has 0 aromatic rings. The monoisotopic (exact) mass is 198 g/mol. The van der Waals surface area contributed by atoms with Crippen LogP contribution >= 0.6 is 0 Å². The fourth-order valence-corrected chi connectivity index (χ4v) is 1.62. The second-order valence-corrected chi connectivity index (χ2v) is 5.25. The van der Waals surface area contributed by atoms with Crippen LogP contribution in [0.3, 0.4) is 0 Å². The third kappa shape index (κ3) is 5.41. The zero-order valence-electron chi connectivity index (χ0n) is 10.5. The minimum Gasteiger partial charge on any atom is -0.299 e. The summed E-state index contributed by atoms with van der Waals surface area (Å²) in [7, 11) is 0. The van der Waals surface area contributed by atoms with Crippen LogP contribution in [-0.4, -0.2) is 5.78 Å². The Kier molecular flexibility index (Phi) is 6.06. The zero-order chi connectivity index (χ0) is 11.2. The molecule has 0 unspecified atom stereocenters. The van der Waals surface area contributed by atoms with Gasteiger partial charge < -0.3 is 0 Å². The number of hydrogen-bond donors (Lipinski definition) is 0. The lowest BCUT2D eigenvalue weighted by Crippen LogP contribution is -2.19. The van der Waals surface area contributed by atoms with Crippen molar-refractivity contribution >= 4 is 5.78 Å². The van der Waals surface area contributed by atoms with Gasteiger partial charge in [-0.3, -0.25) is 4.79 Å². The van der Waals surface area contributed by atoms with E-state index in [1.165, 1.54) is 19.3 Å². The summed E-state index contributed by atoms with van der Waals surface area (Å²) < 4.78 is 0. The molecule has 0 atom stereocenters. The van der Waals surface area contributed by atoms with Crippen molar-refractivity contribution in [3.8, 4) is 0 Å². The minimum atomic E-state index is -0.145. The Bertz CT molecular complexity index is 161. The van der Waals surface area contributed by atoms with Crippen molar-refractivity contribution in [1.82, 2.24) is 0 Å². The standard InChI is InChI=1S/C13H26O/c1-6-11(7-2)9-8-10-12(14)13(3,4)5/h11H,6-10H2,1-5H3. The van der Waals surface area contributed by atoms with Gasteiger partial charge in [0.25, 0.3) is 0 Å². The van der Waals surface area contributed by atoms with Crippen molar-refractivity contribution in [2.45, 2.75) is 66.7 Å². The van der Waals surface area contributed by atoms with E-state index in [9.17, 15) is 4.79 Å². The predicted octanol–water partition coefficient (Wildman–Crippen LogP) is 4.21. The molecule has 1 heteroatoms. The van der Waals surface area contributed by atoms with E-state index in [1.807, 2.05) is 20.8 Å². The molecule has 0 aliphatic heterocycles. The van der Waals surface area contributed by atoms with Gasteiger partial charge in [-0.25, -0.2) is 0 Å². The maximum absolute atomic E-state index is 11.6. The van der Waals surface area contributed by atoms with Gasteiger partial charge in [-0.05, 0) is 12.3 Å². The summed E-state index contributed by atoms with van der Waals surface area (Å²) in [5, 5.41) is 0. The Hall–Kier alpha value is -0.330. The van der Waals surface area contributed by atoms with Gasteiger partial charge in [-0.15, -0.1) is 0 Å². The highest BCUT2D eigenvalue weighted by molar-refractivity contribution is 5.83. The van der Waals surface area contributed by atoms with E-state index in [1.54, 1.807) is 0 Å². The summed E-state index contributed by atoms with van der Waals surface area (Å²) in [6.45, 7) is 10.5. The smallest absolute Gasteiger partial charge is 0.138 e. The van der Waals surface area contributed by atoms with Gasteiger partial charge in [0.2, 0.25) is 0 Å². The van der Waals surface area contributed by atoms with Crippen LogP contribution < -0.4 is 0 Å². The van der Waals surface area contributed by atoms with E-state index in [2.05, 4.69) is 13.8 Å². The fraction of sp³-hybridized carbons (Fsp3) is 0.923. The lowest BCUT2D eigenvalue weighted by molar-refractivity contribution is -0.126. The minimum absolute atomic E-state index is 0.145. The molecular formula is C13H26O. The molecule has 0 saturated heterocycles. The van der Waals surface area contributed by atoms with Crippen LogP contribution in [0.4, 0.5) is 0 Å². The number of carbonyl (C=O) groups excluding carboxylic acids is 1. The van der Waals surface area contributed by atoms with Crippen molar-refractivity contribution < 1.29 is 4.79 Å². The SMILES string of the molecule is CCC(CC)CCCC(=O)C(C)(C)C. The fourth-order valence-electron chi connectivity index (χ4n) is 1.62. The molecule has 0 saturated carbocycles. The summed E-state index contributed by atoms with van der Waals surface area (Å²) in [5.41, 5.74) is -0.145. The third-order valence-corrected chi connectivity index (χ3v) is 3.01. The number of ketones is 1. The first-order valence-electron chi connectivity index (χ1n) is 5.95. The molecule has 0 aliphatic rings. The van der Waals surface area contributed by atoms with Gasteiger partial charge in [0.1, 0.15) is 5.78 Å². The van der Waals surface area contributed by atoms with Crippen LogP contribution in [0.1, 0.15) is 66.7 Å². The van der Waals surface area contributed by atoms with Gasteiger partial charge in [-0.2, -0.15) is 0 Å². The lowest BCUT2D eigenvalue weighted by Gasteiger charge is -2.17. The van der Waals surface area contributed by atoms with E-state index in [0.29, 0.717) is 5.78 Å². The predicted molar refractivity (Wildman–Crippen MR) is 62.4 cm³/mol. The molecule has 0 aromatic carbocycles. The van der Waals surface area contributed by atoms with Crippen molar-refractivity contribution in [2.75, 3.05) is 0 Å². The van der Waals surface area contributed by atoms with E-state index in [0.717, 1.165) is 18.8 Å². The van der Waals surface area contributed by atoms with Crippen molar-refractivity contribution in [1.29, 1.82) is 0 Å². The summed E-state index contributed by atoms with van der Waals surface area (Å²) >= 11 is 0. The normalized spacial score (nSPS) is 12.1. The van der Waals surface area contributed by atoms with E-state index in [4.69, 9.17) is 0 Å². The first-order chi connectivity index (χ1) is 6.41. The third-order valence-electron chi connectivity index (χ3n) is 3.01. The number of carbonyl (C=O) groups is 1. The molecule has 0 radical (unpaired) electrons. The van der Waals surface area contributed by atoms with Gasteiger partial charge >= 0.3 is 0 Å². The Morgan fingerprint density at radius 3 is 2.00 bits per heavy atom. The zero-order valence-corrected chi connectivity index (χ0v) is 10.5. The van der Waals surface area contributed by atoms with Crippen molar-refractivity contribution in [3.05, 3.63) is 0 Å². The largest absolute Gasteiger partial charge is 0.299 e. The van der Waals surface area contributed by atoms with Crippen LogP contribution in [0.15, 0.2) is 0 Å². The van der Waals surface area contributed by atoms with E-state index >= 15 is 0 Å². The highest BCUT2D eigenvalue weighted by Crippen LogP contribution is 2.21. The van der Waals surface area contributed by atoms with Crippen LogP contribution in [0, 0.1) is 11.3 Å². The maximum Gasteiger partial charge on any atom is 0.138 e. The lowest BCUT2D eigenvalue weighted by atomic mass is 9.86. The molecule has 0 rings (SSSR count). The van der Waals surface area contributed by atoms with Gasteiger partial charge in [-0.1, -0.05) is 53.9 Å². The number of rotatable bonds is 6. The van der Waals surface area contributed by atoms with Crippen molar-refractivity contribution in [3.63, 3.8) is 0 Å². The molecule has 0 heterocycles. The summed E-state index contributed by atoms with van der Waals surface area (Å²) in [6, 6.07) is 0. The molecule has 0 fully saturated rings. The second-order valence-electron chi connectivity index (χ2n) is 5.25. The molecule has 14 heavy (non-hydrogen) atoms. The van der Waals surface area contributed by atoms with Crippen LogP contribution in [0.5, 0.6) is 0 Å². The first kappa shape index (κ1) is 13.7. The van der Waals surface area contributed by atoms with Crippen molar-refractivity contribution in [2.24, 2.45) is 11.3 Å². The topological polar surface area (TPSA) is 17.1 Å². The molecule has 0 spiro atoms. The van der Waals surface area contributed by atoms with Gasteiger partial charge in [0.15, 0.2) is 0 Å². The van der Waals surface area contributed by atoms with Gasteiger partial charge in [0.05, 0.1) is 0 Å².